The Bertz CT molecular complexity index is 907. The van der Waals surface area contributed by atoms with Crippen molar-refractivity contribution in [2.75, 3.05) is 26.6 Å². The summed E-state index contributed by atoms with van der Waals surface area (Å²) in [6.45, 7) is 0.779. The highest BCUT2D eigenvalue weighted by Crippen LogP contribution is 2.18. The largest absolute Gasteiger partial charge is 0.497 e. The number of alkyl halides is 1. The third-order valence-corrected chi connectivity index (χ3v) is 5.41. The lowest BCUT2D eigenvalue weighted by Crippen LogP contribution is -2.45. The smallest absolute Gasteiger partial charge is 0.407 e. The number of carbonyl (C=O) groups is 3. The molecule has 8 nitrogen and oxygen atoms in total. The number of ether oxygens (including phenoxy) is 3. The van der Waals surface area contributed by atoms with Gasteiger partial charge in [0.15, 0.2) is 0 Å². The molecule has 1 N–H and O–H groups in total. The molecule has 2 aromatic rings. The van der Waals surface area contributed by atoms with Crippen LogP contribution in [0.1, 0.15) is 30.4 Å². The molecule has 1 atom stereocenters. The van der Waals surface area contributed by atoms with Gasteiger partial charge in [-0.2, -0.15) is 0 Å². The number of methoxy groups -OCH3 is 2. The Morgan fingerprint density at radius 1 is 0.971 bits per heavy atom. The molecule has 0 aliphatic rings. The highest BCUT2D eigenvalue weighted by atomic mass is 35.5. The third-order valence-electron chi connectivity index (χ3n) is 5.18. The van der Waals surface area contributed by atoms with E-state index >= 15 is 0 Å². The minimum absolute atomic E-state index is 0.192. The summed E-state index contributed by atoms with van der Waals surface area (Å²) in [5, 5.41) is 2.69. The van der Waals surface area contributed by atoms with Crippen molar-refractivity contribution in [3.8, 4) is 5.75 Å². The van der Waals surface area contributed by atoms with Gasteiger partial charge in [-0.15, -0.1) is 11.6 Å². The van der Waals surface area contributed by atoms with Crippen LogP contribution in [0.5, 0.6) is 5.75 Å². The molecule has 2 rings (SSSR count). The molecular weight excluding hydrogens is 460 g/mol. The van der Waals surface area contributed by atoms with E-state index in [1.54, 1.807) is 19.2 Å². The van der Waals surface area contributed by atoms with Crippen LogP contribution in [0.2, 0.25) is 0 Å². The van der Waals surface area contributed by atoms with E-state index < -0.39 is 18.1 Å². The number of rotatable bonds is 13. The van der Waals surface area contributed by atoms with Crippen molar-refractivity contribution >= 4 is 29.6 Å². The van der Waals surface area contributed by atoms with Crippen LogP contribution >= 0.6 is 11.6 Å². The van der Waals surface area contributed by atoms with E-state index in [2.05, 4.69) is 5.32 Å². The highest BCUT2D eigenvalue weighted by Gasteiger charge is 2.30. The molecule has 34 heavy (non-hydrogen) atoms. The summed E-state index contributed by atoms with van der Waals surface area (Å²) in [7, 11) is 2.86. The normalized spacial score (nSPS) is 11.3. The van der Waals surface area contributed by atoms with Gasteiger partial charge in [0.05, 0.1) is 14.2 Å². The van der Waals surface area contributed by atoms with Gasteiger partial charge in [0.25, 0.3) is 0 Å². The zero-order valence-corrected chi connectivity index (χ0v) is 20.3. The zero-order chi connectivity index (χ0) is 24.8. The second-order valence-corrected chi connectivity index (χ2v) is 7.79. The Morgan fingerprint density at radius 3 is 2.29 bits per heavy atom. The molecule has 0 unspecified atom stereocenters. The summed E-state index contributed by atoms with van der Waals surface area (Å²) < 4.78 is 15.3. The molecule has 0 aliphatic carbocycles. The van der Waals surface area contributed by atoms with Gasteiger partial charge >= 0.3 is 12.1 Å². The number of carbonyl (C=O) groups excluding carboxylic acids is 3. The predicted octanol–water partition coefficient (Wildman–Crippen LogP) is 3.90. The molecule has 2 amide bonds. The van der Waals surface area contributed by atoms with E-state index in [1.165, 1.54) is 12.0 Å². The summed E-state index contributed by atoms with van der Waals surface area (Å²) in [6.07, 6.45) is 1.03. The van der Waals surface area contributed by atoms with Gasteiger partial charge in [-0.05, 0) is 42.5 Å². The number of benzene rings is 2. The fourth-order valence-corrected chi connectivity index (χ4v) is 3.49. The number of esters is 1. The zero-order valence-electron chi connectivity index (χ0n) is 19.5. The summed E-state index contributed by atoms with van der Waals surface area (Å²) in [5.74, 6) is -0.436. The highest BCUT2D eigenvalue weighted by molar-refractivity contribution is 6.27. The predicted molar refractivity (Wildman–Crippen MR) is 129 cm³/mol. The number of hydrogen-bond acceptors (Lipinski definition) is 6. The standard InChI is InChI=1S/C25H31ClN2O6/c1-32-21-13-11-19(12-14-21)17-28(23(29)16-26)22(24(30)33-2)10-6-7-15-27-25(31)34-18-20-8-4-3-5-9-20/h3-5,8-9,11-14,22H,6-7,10,15-18H2,1-2H3,(H,27,31)/t22-/m0/s1. The topological polar surface area (TPSA) is 94.2 Å². The van der Waals surface area contributed by atoms with Crippen LogP contribution in [0.4, 0.5) is 4.79 Å². The molecule has 0 aromatic heterocycles. The molecule has 0 heterocycles. The minimum atomic E-state index is -0.789. The fourth-order valence-electron chi connectivity index (χ4n) is 3.34. The first-order valence-corrected chi connectivity index (χ1v) is 11.5. The molecule has 0 saturated heterocycles. The maximum absolute atomic E-state index is 12.6. The SMILES string of the molecule is COC(=O)[C@H](CCCCNC(=O)OCc1ccccc1)N(Cc1ccc(OC)cc1)C(=O)CCl. The van der Waals surface area contributed by atoms with Gasteiger partial charge in [0.2, 0.25) is 5.91 Å². The molecule has 0 bridgehead atoms. The average molecular weight is 491 g/mol. The molecule has 0 fully saturated rings. The van der Waals surface area contributed by atoms with Gasteiger partial charge in [-0.3, -0.25) is 4.79 Å². The van der Waals surface area contributed by atoms with E-state index in [0.29, 0.717) is 31.6 Å². The van der Waals surface area contributed by atoms with Gasteiger partial charge in [0, 0.05) is 13.1 Å². The van der Waals surface area contributed by atoms with Crippen molar-refractivity contribution in [1.82, 2.24) is 10.2 Å². The quantitative estimate of drug-likeness (QED) is 0.260. The Hall–Kier alpha value is -3.26. The van der Waals surface area contributed by atoms with Crippen LogP contribution in [-0.4, -0.2) is 55.6 Å². The van der Waals surface area contributed by atoms with Crippen LogP contribution in [0.15, 0.2) is 54.6 Å². The maximum Gasteiger partial charge on any atom is 0.407 e. The molecule has 184 valence electrons. The third kappa shape index (κ3) is 8.94. The summed E-state index contributed by atoms with van der Waals surface area (Å²) in [5.41, 5.74) is 1.73. The number of amides is 2. The number of unbranched alkanes of at least 4 members (excludes halogenated alkanes) is 1. The lowest BCUT2D eigenvalue weighted by Gasteiger charge is -2.30. The minimum Gasteiger partial charge on any atom is -0.497 e. The molecule has 9 heteroatoms. The summed E-state index contributed by atoms with van der Waals surface area (Å²) >= 11 is 5.82. The molecule has 0 saturated carbocycles. The number of halogens is 1. The van der Waals surface area contributed by atoms with Crippen molar-refractivity contribution in [3.05, 3.63) is 65.7 Å². The number of hydrogen-bond donors (Lipinski definition) is 1. The van der Waals surface area contributed by atoms with Gasteiger partial charge in [0.1, 0.15) is 24.3 Å². The first-order valence-electron chi connectivity index (χ1n) is 11.0. The van der Waals surface area contributed by atoms with Crippen LogP contribution in [-0.2, 0) is 32.2 Å². The molecule has 2 aromatic carbocycles. The Balaban J connectivity index is 1.87. The van der Waals surface area contributed by atoms with Crippen molar-refractivity contribution in [1.29, 1.82) is 0 Å². The van der Waals surface area contributed by atoms with Crippen LogP contribution in [0.25, 0.3) is 0 Å². The first kappa shape index (κ1) is 27.0. The van der Waals surface area contributed by atoms with Crippen molar-refractivity contribution < 1.29 is 28.6 Å². The van der Waals surface area contributed by atoms with E-state index in [9.17, 15) is 14.4 Å². The van der Waals surface area contributed by atoms with E-state index in [-0.39, 0.29) is 24.9 Å². The molecular formula is C25H31ClN2O6. The summed E-state index contributed by atoms with van der Waals surface area (Å²) in [4.78, 5) is 38.3. The van der Waals surface area contributed by atoms with Gasteiger partial charge in [-0.25, -0.2) is 9.59 Å². The lowest BCUT2D eigenvalue weighted by atomic mass is 10.1. The molecule has 0 aliphatic heterocycles. The molecule has 0 spiro atoms. The lowest BCUT2D eigenvalue weighted by molar-refractivity contribution is -0.153. The Morgan fingerprint density at radius 2 is 1.68 bits per heavy atom. The number of alkyl carbamates (subject to hydrolysis) is 1. The van der Waals surface area contributed by atoms with Crippen LogP contribution in [0.3, 0.4) is 0 Å². The van der Waals surface area contributed by atoms with Crippen LogP contribution in [0, 0.1) is 0 Å². The number of nitrogens with one attached hydrogen (secondary N) is 1. The van der Waals surface area contributed by atoms with Crippen LogP contribution < -0.4 is 10.1 Å². The van der Waals surface area contributed by atoms with Crippen molar-refractivity contribution in [2.24, 2.45) is 0 Å². The second-order valence-electron chi connectivity index (χ2n) is 7.53. The van der Waals surface area contributed by atoms with Crippen molar-refractivity contribution in [2.45, 2.75) is 38.5 Å². The Kier molecular flexibility index (Phi) is 11.7. The average Bonchev–Trinajstić information content (AvgIpc) is 2.88. The Labute approximate surface area is 205 Å². The fraction of sp³-hybridized carbons (Fsp3) is 0.400. The van der Waals surface area contributed by atoms with Crippen molar-refractivity contribution in [3.63, 3.8) is 0 Å². The van der Waals surface area contributed by atoms with E-state index in [4.69, 9.17) is 25.8 Å². The monoisotopic (exact) mass is 490 g/mol. The molecule has 0 radical (unpaired) electrons. The van der Waals surface area contributed by atoms with E-state index in [0.717, 1.165) is 11.1 Å². The van der Waals surface area contributed by atoms with E-state index in [1.807, 2.05) is 42.5 Å². The number of nitrogens with zero attached hydrogens (tertiary/aromatic N) is 1. The summed E-state index contributed by atoms with van der Waals surface area (Å²) in [6, 6.07) is 15.8. The van der Waals surface area contributed by atoms with Gasteiger partial charge in [-0.1, -0.05) is 42.5 Å². The maximum atomic E-state index is 12.6. The first-order chi connectivity index (χ1) is 16.5. The van der Waals surface area contributed by atoms with Gasteiger partial charge < -0.3 is 24.4 Å². The second kappa shape index (κ2) is 14.8.